The van der Waals surface area contributed by atoms with Crippen molar-refractivity contribution in [2.24, 2.45) is 0 Å². The maximum absolute atomic E-state index is 12.7. The molecule has 2 amide bonds. The molecule has 138 valence electrons. The van der Waals surface area contributed by atoms with E-state index in [0.717, 1.165) is 18.6 Å². The van der Waals surface area contributed by atoms with Gasteiger partial charge in [0.25, 0.3) is 5.91 Å². The summed E-state index contributed by atoms with van der Waals surface area (Å²) >= 11 is 0. The van der Waals surface area contributed by atoms with Crippen LogP contribution in [0.25, 0.3) is 0 Å². The van der Waals surface area contributed by atoms with Gasteiger partial charge in [-0.2, -0.15) is 0 Å². The minimum absolute atomic E-state index is 0.00191. The molecule has 5 heteroatoms. The third kappa shape index (κ3) is 4.34. The fourth-order valence-electron chi connectivity index (χ4n) is 3.44. The summed E-state index contributed by atoms with van der Waals surface area (Å²) < 4.78 is 5.48. The van der Waals surface area contributed by atoms with Crippen molar-refractivity contribution in [2.45, 2.75) is 33.1 Å². The Balaban J connectivity index is 1.55. The number of furan rings is 1. The minimum atomic E-state index is -0.00191. The van der Waals surface area contributed by atoms with Crippen molar-refractivity contribution in [3.8, 4) is 0 Å². The second kappa shape index (κ2) is 8.21. The molecular weight excluding hydrogens is 328 g/mol. The Morgan fingerprint density at radius 3 is 2.38 bits per heavy atom. The Hall–Kier alpha value is -2.56. The molecule has 1 aromatic carbocycles. The van der Waals surface area contributed by atoms with Crippen LogP contribution in [-0.4, -0.2) is 47.8 Å². The smallest absolute Gasteiger partial charge is 0.257 e. The summed E-state index contributed by atoms with van der Waals surface area (Å²) in [7, 11) is 0. The van der Waals surface area contributed by atoms with Crippen LogP contribution in [-0.2, 0) is 11.2 Å². The third-order valence-corrected chi connectivity index (χ3v) is 4.88. The third-order valence-electron chi connectivity index (χ3n) is 4.88. The zero-order valence-electron chi connectivity index (χ0n) is 15.5. The molecule has 0 aliphatic carbocycles. The Labute approximate surface area is 154 Å². The van der Waals surface area contributed by atoms with Crippen LogP contribution in [0.4, 0.5) is 0 Å². The van der Waals surface area contributed by atoms with E-state index in [1.54, 1.807) is 6.07 Å². The lowest BCUT2D eigenvalue weighted by Gasteiger charge is -2.22. The largest absolute Gasteiger partial charge is 0.466 e. The summed E-state index contributed by atoms with van der Waals surface area (Å²) in [5.41, 5.74) is 1.81. The standard InChI is InChI=1S/C21H26N2O3/c1-16-15-19(17(2)26-16)21(25)23-12-6-11-22(13-14-23)20(24)10-9-18-7-4-3-5-8-18/h3-5,7-8,15H,6,9-14H2,1-2H3. The highest BCUT2D eigenvalue weighted by Gasteiger charge is 2.24. The summed E-state index contributed by atoms with van der Waals surface area (Å²) in [4.78, 5) is 29.0. The van der Waals surface area contributed by atoms with Crippen LogP contribution in [0.5, 0.6) is 0 Å². The number of amides is 2. The fourth-order valence-corrected chi connectivity index (χ4v) is 3.44. The Morgan fingerprint density at radius 2 is 1.69 bits per heavy atom. The first-order chi connectivity index (χ1) is 12.5. The van der Waals surface area contributed by atoms with Crippen LogP contribution in [0.1, 0.15) is 40.3 Å². The summed E-state index contributed by atoms with van der Waals surface area (Å²) in [6, 6.07) is 11.9. The number of hydrogen-bond donors (Lipinski definition) is 0. The van der Waals surface area contributed by atoms with Gasteiger partial charge in [-0.05, 0) is 38.3 Å². The summed E-state index contributed by atoms with van der Waals surface area (Å²) in [5, 5.41) is 0. The van der Waals surface area contributed by atoms with Crippen molar-refractivity contribution in [2.75, 3.05) is 26.2 Å². The number of rotatable bonds is 4. The monoisotopic (exact) mass is 354 g/mol. The number of benzene rings is 1. The SMILES string of the molecule is Cc1cc(C(=O)N2CCCN(C(=O)CCc3ccccc3)CC2)c(C)o1. The second-order valence-corrected chi connectivity index (χ2v) is 6.84. The highest BCUT2D eigenvalue weighted by Crippen LogP contribution is 2.17. The first kappa shape index (κ1) is 18.2. The van der Waals surface area contributed by atoms with Gasteiger partial charge in [-0.1, -0.05) is 30.3 Å². The van der Waals surface area contributed by atoms with Crippen LogP contribution in [0.15, 0.2) is 40.8 Å². The van der Waals surface area contributed by atoms with Crippen LogP contribution in [0.3, 0.4) is 0 Å². The van der Waals surface area contributed by atoms with Gasteiger partial charge in [-0.25, -0.2) is 0 Å². The van der Waals surface area contributed by atoms with Crippen LogP contribution in [0, 0.1) is 13.8 Å². The molecule has 0 bridgehead atoms. The van der Waals surface area contributed by atoms with E-state index in [1.165, 1.54) is 5.56 Å². The van der Waals surface area contributed by atoms with E-state index < -0.39 is 0 Å². The molecule has 0 atom stereocenters. The quantitative estimate of drug-likeness (QED) is 0.847. The maximum Gasteiger partial charge on any atom is 0.257 e. The second-order valence-electron chi connectivity index (χ2n) is 6.84. The lowest BCUT2D eigenvalue weighted by atomic mass is 10.1. The Kier molecular flexibility index (Phi) is 5.76. The summed E-state index contributed by atoms with van der Waals surface area (Å²) in [6.07, 6.45) is 2.07. The molecule has 1 aliphatic heterocycles. The van der Waals surface area contributed by atoms with Crippen LogP contribution >= 0.6 is 0 Å². The van der Waals surface area contributed by atoms with E-state index in [0.29, 0.717) is 43.9 Å². The average Bonchev–Trinajstić information content (AvgIpc) is 2.85. The lowest BCUT2D eigenvalue weighted by Crippen LogP contribution is -2.37. The molecule has 0 N–H and O–H groups in total. The van der Waals surface area contributed by atoms with Gasteiger partial charge in [-0.3, -0.25) is 9.59 Å². The molecule has 5 nitrogen and oxygen atoms in total. The van der Waals surface area contributed by atoms with Crippen molar-refractivity contribution in [3.05, 3.63) is 59.0 Å². The predicted octanol–water partition coefficient (Wildman–Crippen LogP) is 3.20. The van der Waals surface area contributed by atoms with Crippen molar-refractivity contribution >= 4 is 11.8 Å². The molecule has 1 fully saturated rings. The van der Waals surface area contributed by atoms with E-state index in [1.807, 2.05) is 54.0 Å². The predicted molar refractivity (Wildman–Crippen MR) is 100 cm³/mol. The minimum Gasteiger partial charge on any atom is -0.466 e. The molecule has 0 spiro atoms. The molecule has 0 unspecified atom stereocenters. The highest BCUT2D eigenvalue weighted by molar-refractivity contribution is 5.95. The maximum atomic E-state index is 12.7. The number of aryl methyl sites for hydroxylation is 3. The molecule has 26 heavy (non-hydrogen) atoms. The van der Waals surface area contributed by atoms with E-state index in [-0.39, 0.29) is 11.8 Å². The van der Waals surface area contributed by atoms with Gasteiger partial charge in [0.2, 0.25) is 5.91 Å². The number of carbonyl (C=O) groups excluding carboxylic acids is 2. The van der Waals surface area contributed by atoms with Gasteiger partial charge in [0.05, 0.1) is 5.56 Å². The zero-order valence-corrected chi connectivity index (χ0v) is 15.5. The lowest BCUT2D eigenvalue weighted by molar-refractivity contribution is -0.131. The number of nitrogens with zero attached hydrogens (tertiary/aromatic N) is 2. The van der Waals surface area contributed by atoms with Gasteiger partial charge in [-0.15, -0.1) is 0 Å². The van der Waals surface area contributed by atoms with Gasteiger partial charge in [0.15, 0.2) is 0 Å². The Morgan fingerprint density at radius 1 is 1.00 bits per heavy atom. The van der Waals surface area contributed by atoms with E-state index in [9.17, 15) is 9.59 Å². The molecule has 1 saturated heterocycles. The van der Waals surface area contributed by atoms with E-state index >= 15 is 0 Å². The van der Waals surface area contributed by atoms with Crippen LogP contribution < -0.4 is 0 Å². The van der Waals surface area contributed by atoms with Crippen LogP contribution in [0.2, 0.25) is 0 Å². The van der Waals surface area contributed by atoms with Gasteiger partial charge < -0.3 is 14.2 Å². The summed E-state index contributed by atoms with van der Waals surface area (Å²) in [5.74, 6) is 1.57. The number of carbonyl (C=O) groups is 2. The molecule has 1 aliphatic rings. The fraction of sp³-hybridized carbons (Fsp3) is 0.429. The van der Waals surface area contributed by atoms with Crippen molar-refractivity contribution < 1.29 is 14.0 Å². The molecular formula is C21H26N2O3. The van der Waals surface area contributed by atoms with Gasteiger partial charge in [0, 0.05) is 32.6 Å². The first-order valence-corrected chi connectivity index (χ1v) is 9.22. The number of hydrogen-bond acceptors (Lipinski definition) is 3. The average molecular weight is 354 g/mol. The van der Waals surface area contributed by atoms with Gasteiger partial charge in [0.1, 0.15) is 11.5 Å². The van der Waals surface area contributed by atoms with Crippen molar-refractivity contribution in [3.63, 3.8) is 0 Å². The molecule has 1 aromatic heterocycles. The summed E-state index contributed by atoms with van der Waals surface area (Å²) in [6.45, 7) is 6.21. The molecule has 0 saturated carbocycles. The van der Waals surface area contributed by atoms with Crippen molar-refractivity contribution in [1.82, 2.24) is 9.80 Å². The van der Waals surface area contributed by atoms with Gasteiger partial charge >= 0.3 is 0 Å². The first-order valence-electron chi connectivity index (χ1n) is 9.22. The van der Waals surface area contributed by atoms with E-state index in [2.05, 4.69) is 0 Å². The molecule has 0 radical (unpaired) electrons. The zero-order chi connectivity index (χ0) is 18.5. The normalized spacial score (nSPS) is 15.0. The molecule has 2 heterocycles. The molecule has 2 aromatic rings. The van der Waals surface area contributed by atoms with Crippen molar-refractivity contribution in [1.29, 1.82) is 0 Å². The van der Waals surface area contributed by atoms with E-state index in [4.69, 9.17) is 4.42 Å². The topological polar surface area (TPSA) is 53.8 Å². The highest BCUT2D eigenvalue weighted by atomic mass is 16.3. The molecule has 3 rings (SSSR count). The Bertz CT molecular complexity index is 767.